The van der Waals surface area contributed by atoms with Crippen molar-refractivity contribution in [2.45, 2.75) is 0 Å². The summed E-state index contributed by atoms with van der Waals surface area (Å²) in [7, 11) is 2.17. The number of nitrogens with one attached hydrogen (secondary N) is 2. The first-order valence-electron chi connectivity index (χ1n) is 8.20. The lowest BCUT2D eigenvalue weighted by molar-refractivity contribution is -0.883. The van der Waals surface area contributed by atoms with Crippen LogP contribution in [0.4, 0.5) is 0 Å². The number of rotatable bonds is 2. The molecule has 0 aromatic heterocycles. The number of amides is 1. The zero-order valence-corrected chi connectivity index (χ0v) is 14.6. The van der Waals surface area contributed by atoms with E-state index >= 15 is 0 Å². The van der Waals surface area contributed by atoms with Crippen molar-refractivity contribution in [3.8, 4) is 0 Å². The van der Waals surface area contributed by atoms with Crippen LogP contribution in [0.3, 0.4) is 0 Å². The van der Waals surface area contributed by atoms with E-state index in [4.69, 9.17) is 12.2 Å². The number of carbonyl (C=O) groups excluding carboxylic acids is 1. The fraction of sp³-hybridized carbons (Fsp3) is 0.263. The largest absolute Gasteiger partial charge is 0.338 e. The van der Waals surface area contributed by atoms with E-state index in [1.165, 1.54) is 4.90 Å². The third-order valence-electron chi connectivity index (χ3n) is 4.37. The third-order valence-corrected chi connectivity index (χ3v) is 4.73. The number of thiocarbonyl (C=S) groups is 1. The van der Waals surface area contributed by atoms with Crippen LogP contribution in [0.2, 0.25) is 0 Å². The zero-order chi connectivity index (χ0) is 16.9. The molecule has 0 saturated carbocycles. The molecule has 124 valence electrons. The summed E-state index contributed by atoms with van der Waals surface area (Å²) in [5, 5.41) is 5.62. The quantitative estimate of drug-likeness (QED) is 0.635. The topological polar surface area (TPSA) is 36.8 Å². The van der Waals surface area contributed by atoms with Gasteiger partial charge in [0.2, 0.25) is 5.91 Å². The van der Waals surface area contributed by atoms with Crippen LogP contribution in [0.5, 0.6) is 0 Å². The van der Waals surface area contributed by atoms with Crippen LogP contribution in [0, 0.1) is 0 Å². The van der Waals surface area contributed by atoms with Crippen molar-refractivity contribution in [2.24, 2.45) is 0 Å². The molecule has 0 aliphatic carbocycles. The van der Waals surface area contributed by atoms with Crippen molar-refractivity contribution in [3.63, 3.8) is 0 Å². The summed E-state index contributed by atoms with van der Waals surface area (Å²) in [5.74, 6) is -0.181. The molecule has 2 aromatic carbocycles. The molecule has 1 saturated heterocycles. The number of nitrogens with zero attached hydrogens (tertiary/aromatic N) is 1. The molecule has 4 nitrogen and oxygen atoms in total. The summed E-state index contributed by atoms with van der Waals surface area (Å²) < 4.78 is 0. The first kappa shape index (κ1) is 16.6. The summed E-state index contributed by atoms with van der Waals surface area (Å²) in [6.45, 7) is 3.86. The Balaban J connectivity index is 1.63. The highest BCUT2D eigenvalue weighted by atomic mass is 32.1. The molecule has 2 N–H and O–H groups in total. The molecule has 3 rings (SSSR count). The fourth-order valence-corrected chi connectivity index (χ4v) is 3.16. The maximum atomic E-state index is 12.2. The summed E-state index contributed by atoms with van der Waals surface area (Å²) in [5.41, 5.74) is 1.03. The van der Waals surface area contributed by atoms with Gasteiger partial charge in [0.15, 0.2) is 5.11 Å². The Morgan fingerprint density at radius 2 is 1.88 bits per heavy atom. The van der Waals surface area contributed by atoms with Crippen molar-refractivity contribution in [1.82, 2.24) is 10.2 Å². The maximum absolute atomic E-state index is 12.2. The van der Waals surface area contributed by atoms with E-state index in [0.717, 1.165) is 42.5 Å². The van der Waals surface area contributed by atoms with Crippen LogP contribution in [0.1, 0.15) is 5.56 Å². The van der Waals surface area contributed by atoms with E-state index in [9.17, 15) is 4.79 Å². The van der Waals surface area contributed by atoms with Gasteiger partial charge < -0.3 is 9.80 Å². The Labute approximate surface area is 147 Å². The molecule has 0 atom stereocenters. The van der Waals surface area contributed by atoms with Gasteiger partial charge in [-0.05, 0) is 34.6 Å². The van der Waals surface area contributed by atoms with Gasteiger partial charge in [0.1, 0.15) is 0 Å². The van der Waals surface area contributed by atoms with Crippen molar-refractivity contribution in [3.05, 3.63) is 54.1 Å². The van der Waals surface area contributed by atoms with E-state index in [1.807, 2.05) is 30.3 Å². The SMILES string of the molecule is C[NH+]1CCN(C(=S)NC(=O)/C=C/c2cccc3ccccc23)CC1. The normalized spacial score (nSPS) is 15.8. The monoisotopic (exact) mass is 340 g/mol. The van der Waals surface area contributed by atoms with Crippen LogP contribution in [-0.4, -0.2) is 49.1 Å². The Kier molecular flexibility index (Phi) is 5.23. The summed E-state index contributed by atoms with van der Waals surface area (Å²) in [6.07, 6.45) is 3.39. The van der Waals surface area contributed by atoms with E-state index in [1.54, 1.807) is 6.08 Å². The summed E-state index contributed by atoms with van der Waals surface area (Å²) in [4.78, 5) is 15.7. The van der Waals surface area contributed by atoms with Gasteiger partial charge in [-0.2, -0.15) is 0 Å². The van der Waals surface area contributed by atoms with Crippen molar-refractivity contribution in [1.29, 1.82) is 0 Å². The second kappa shape index (κ2) is 7.55. The minimum atomic E-state index is -0.181. The number of hydrogen-bond donors (Lipinski definition) is 2. The maximum Gasteiger partial charge on any atom is 0.250 e. The van der Waals surface area contributed by atoms with Gasteiger partial charge in [0, 0.05) is 6.08 Å². The Bertz CT molecular complexity index is 774. The van der Waals surface area contributed by atoms with Gasteiger partial charge in [0.05, 0.1) is 33.2 Å². The highest BCUT2D eigenvalue weighted by Gasteiger charge is 2.19. The zero-order valence-electron chi connectivity index (χ0n) is 13.8. The smallest absolute Gasteiger partial charge is 0.250 e. The van der Waals surface area contributed by atoms with Gasteiger partial charge in [-0.15, -0.1) is 0 Å². The first-order chi connectivity index (χ1) is 11.6. The predicted octanol–water partition coefficient (Wildman–Crippen LogP) is 1.08. The fourth-order valence-electron chi connectivity index (χ4n) is 2.88. The van der Waals surface area contributed by atoms with Gasteiger partial charge in [-0.25, -0.2) is 0 Å². The molecule has 2 aromatic rings. The molecular weight excluding hydrogens is 318 g/mol. The Morgan fingerprint density at radius 3 is 2.67 bits per heavy atom. The van der Waals surface area contributed by atoms with Crippen LogP contribution < -0.4 is 10.2 Å². The van der Waals surface area contributed by atoms with Gasteiger partial charge >= 0.3 is 0 Å². The van der Waals surface area contributed by atoms with Crippen LogP contribution in [0.15, 0.2) is 48.5 Å². The lowest BCUT2D eigenvalue weighted by Gasteiger charge is -2.31. The van der Waals surface area contributed by atoms with Gasteiger partial charge in [-0.1, -0.05) is 42.5 Å². The van der Waals surface area contributed by atoms with Crippen LogP contribution in [-0.2, 0) is 4.79 Å². The molecule has 1 heterocycles. The third kappa shape index (κ3) is 3.99. The Hall–Kier alpha value is -2.24. The van der Waals surface area contributed by atoms with Crippen molar-refractivity contribution < 1.29 is 9.69 Å². The molecule has 1 aliphatic heterocycles. The second-order valence-electron chi connectivity index (χ2n) is 6.14. The number of piperazine rings is 1. The minimum absolute atomic E-state index is 0.181. The van der Waals surface area contributed by atoms with Crippen molar-refractivity contribution in [2.75, 3.05) is 33.2 Å². The number of fused-ring (bicyclic) bond motifs is 1. The number of likely N-dealkylation sites (N-methyl/N-ethyl adjacent to an activating group) is 1. The lowest BCUT2D eigenvalue weighted by atomic mass is 10.0. The summed E-state index contributed by atoms with van der Waals surface area (Å²) in [6, 6.07) is 14.2. The molecule has 0 unspecified atom stereocenters. The molecule has 1 aliphatic rings. The second-order valence-corrected chi connectivity index (χ2v) is 6.53. The lowest BCUT2D eigenvalue weighted by Crippen LogP contribution is -3.12. The van der Waals surface area contributed by atoms with E-state index in [0.29, 0.717) is 5.11 Å². The number of quaternary nitrogens is 1. The molecule has 0 radical (unpaired) electrons. The average Bonchev–Trinajstić information content (AvgIpc) is 2.60. The van der Waals surface area contributed by atoms with Crippen molar-refractivity contribution >= 4 is 40.1 Å². The minimum Gasteiger partial charge on any atom is -0.338 e. The predicted molar refractivity (Wildman–Crippen MR) is 102 cm³/mol. The summed E-state index contributed by atoms with van der Waals surface area (Å²) >= 11 is 5.35. The van der Waals surface area contributed by atoms with Gasteiger partial charge in [-0.3, -0.25) is 10.1 Å². The molecular formula is C19H22N3OS+. The Morgan fingerprint density at radius 1 is 1.17 bits per heavy atom. The van der Waals surface area contributed by atoms with E-state index in [2.05, 4.69) is 35.5 Å². The number of benzene rings is 2. The molecule has 0 spiro atoms. The average molecular weight is 340 g/mol. The molecule has 1 amide bonds. The number of hydrogen-bond acceptors (Lipinski definition) is 2. The van der Waals surface area contributed by atoms with Gasteiger partial charge in [0.25, 0.3) is 0 Å². The standard InChI is InChI=1S/C19H21N3OS/c1-21-11-13-22(14-12-21)19(24)20-18(23)10-9-16-7-4-6-15-5-2-3-8-17(15)16/h2-10H,11-14H2,1H3,(H,20,23,24)/p+1/b10-9+. The molecule has 5 heteroatoms. The highest BCUT2D eigenvalue weighted by Crippen LogP contribution is 2.19. The van der Waals surface area contributed by atoms with Crippen LogP contribution in [0.25, 0.3) is 16.8 Å². The molecule has 24 heavy (non-hydrogen) atoms. The highest BCUT2D eigenvalue weighted by molar-refractivity contribution is 7.80. The van der Waals surface area contributed by atoms with Crippen LogP contribution >= 0.6 is 12.2 Å². The van der Waals surface area contributed by atoms with E-state index in [-0.39, 0.29) is 5.91 Å². The molecule has 0 bridgehead atoms. The first-order valence-corrected chi connectivity index (χ1v) is 8.61. The van der Waals surface area contributed by atoms with E-state index < -0.39 is 0 Å². The number of carbonyl (C=O) groups is 1. The molecule has 1 fully saturated rings.